The van der Waals surface area contributed by atoms with Crippen LogP contribution in [0, 0.1) is 23.6 Å². The molecule has 31 heavy (non-hydrogen) atoms. The lowest BCUT2D eigenvalue weighted by Crippen LogP contribution is -2.49. The van der Waals surface area contributed by atoms with Crippen LogP contribution in [0.3, 0.4) is 0 Å². The van der Waals surface area contributed by atoms with Crippen molar-refractivity contribution >= 4 is 16.1 Å². The van der Waals surface area contributed by atoms with Crippen LogP contribution in [-0.2, 0) is 21.2 Å². The van der Waals surface area contributed by atoms with Crippen LogP contribution in [-0.4, -0.2) is 49.4 Å². The molecular weight excluding hydrogens is 419 g/mol. The summed E-state index contributed by atoms with van der Waals surface area (Å²) in [6.07, 6.45) is 2.19. The highest BCUT2D eigenvalue weighted by Crippen LogP contribution is 2.29. The van der Waals surface area contributed by atoms with Gasteiger partial charge in [-0.2, -0.15) is 0 Å². The molecule has 170 valence electrons. The summed E-state index contributed by atoms with van der Waals surface area (Å²) >= 11 is 0. The van der Waals surface area contributed by atoms with Gasteiger partial charge in [0.25, 0.3) is 0 Å². The zero-order chi connectivity index (χ0) is 22.8. The molecule has 0 spiro atoms. The molecule has 1 amide bonds. The number of halogens is 1. The highest BCUT2D eigenvalue weighted by Gasteiger charge is 2.41. The molecule has 0 bridgehead atoms. The molecule has 0 aromatic heterocycles. The molecule has 1 aliphatic carbocycles. The Bertz CT molecular complexity index is 987. The van der Waals surface area contributed by atoms with Crippen LogP contribution in [0.15, 0.2) is 18.2 Å². The molecule has 3 rings (SSSR count). The summed E-state index contributed by atoms with van der Waals surface area (Å²) in [5.74, 6) is 5.87. The highest BCUT2D eigenvalue weighted by atomic mass is 32.2. The van der Waals surface area contributed by atoms with Crippen molar-refractivity contribution in [2.75, 3.05) is 12.3 Å². The van der Waals surface area contributed by atoms with Crippen LogP contribution < -0.4 is 4.72 Å². The zero-order valence-corrected chi connectivity index (χ0v) is 19.4. The van der Waals surface area contributed by atoms with Crippen molar-refractivity contribution in [2.24, 2.45) is 5.92 Å². The van der Waals surface area contributed by atoms with Crippen LogP contribution in [0.1, 0.15) is 58.1 Å². The predicted molar refractivity (Wildman–Crippen MR) is 117 cm³/mol. The minimum absolute atomic E-state index is 0.0662. The van der Waals surface area contributed by atoms with Crippen molar-refractivity contribution in [1.29, 1.82) is 0 Å². The van der Waals surface area contributed by atoms with Crippen LogP contribution in [0.2, 0.25) is 0 Å². The fraction of sp³-hybridized carbons (Fsp3) is 0.609. The summed E-state index contributed by atoms with van der Waals surface area (Å²) in [5.41, 5.74) is 0.0484. The number of nitrogens with one attached hydrogen (secondary N) is 1. The maximum absolute atomic E-state index is 15.2. The van der Waals surface area contributed by atoms with E-state index in [1.165, 1.54) is 4.90 Å². The summed E-state index contributed by atoms with van der Waals surface area (Å²) in [7, 11) is -3.49. The second-order valence-electron chi connectivity index (χ2n) is 9.18. The Morgan fingerprint density at radius 1 is 1.29 bits per heavy atom. The monoisotopic (exact) mass is 450 g/mol. The summed E-state index contributed by atoms with van der Waals surface area (Å²) in [6, 6.07) is 3.98. The molecule has 1 aromatic carbocycles. The minimum Gasteiger partial charge on any atom is -0.444 e. The van der Waals surface area contributed by atoms with Crippen molar-refractivity contribution in [3.05, 3.63) is 35.1 Å². The van der Waals surface area contributed by atoms with Gasteiger partial charge < -0.3 is 9.64 Å². The lowest BCUT2D eigenvalue weighted by Gasteiger charge is -2.31. The lowest BCUT2D eigenvalue weighted by atomic mass is 9.98. The molecule has 2 fully saturated rings. The Morgan fingerprint density at radius 3 is 2.61 bits per heavy atom. The molecule has 1 aromatic rings. The maximum Gasteiger partial charge on any atom is 0.410 e. The molecular formula is C23H31FN2O4S. The fourth-order valence-electron chi connectivity index (χ4n) is 3.57. The first-order chi connectivity index (χ1) is 14.5. The number of rotatable bonds is 5. The summed E-state index contributed by atoms with van der Waals surface area (Å²) in [4.78, 5) is 14.3. The van der Waals surface area contributed by atoms with Crippen LogP contribution in [0.25, 0.3) is 0 Å². The Morgan fingerprint density at radius 2 is 2.00 bits per heavy atom. The van der Waals surface area contributed by atoms with E-state index in [1.54, 1.807) is 45.9 Å². The number of carbonyl (C=O) groups excluding carboxylic acids is 1. The van der Waals surface area contributed by atoms with E-state index in [2.05, 4.69) is 16.6 Å². The summed E-state index contributed by atoms with van der Waals surface area (Å²) < 4.78 is 47.7. The van der Waals surface area contributed by atoms with Gasteiger partial charge in [0.1, 0.15) is 11.4 Å². The largest absolute Gasteiger partial charge is 0.444 e. The van der Waals surface area contributed by atoms with Gasteiger partial charge in [-0.1, -0.05) is 24.0 Å². The van der Waals surface area contributed by atoms with Crippen LogP contribution >= 0.6 is 0 Å². The number of hydrogen-bond donors (Lipinski definition) is 1. The Labute approximate surface area is 184 Å². The van der Waals surface area contributed by atoms with Crippen LogP contribution in [0.4, 0.5) is 9.18 Å². The van der Waals surface area contributed by atoms with Gasteiger partial charge in [-0.25, -0.2) is 22.3 Å². The quantitative estimate of drug-likeness (QED) is 0.698. The van der Waals surface area contributed by atoms with Crippen molar-refractivity contribution < 1.29 is 22.3 Å². The number of benzene rings is 1. The number of ether oxygens (including phenoxy) is 1. The Hall–Kier alpha value is -2.11. The number of sulfonamides is 1. The standard InChI is InChI=1S/C23H31FN2O4S/c1-5-31(28,29)25-19-13-14-26(22(27)30-23(2,3)4)20(19)15-18-8-6-7-17(21(18)24)12-11-16-9-10-16/h6-8,16,19-20,25H,5,9-10,13-15H2,1-4H3. The van der Waals surface area contributed by atoms with Gasteiger partial charge in [-0.3, -0.25) is 0 Å². The first-order valence-electron chi connectivity index (χ1n) is 10.8. The molecule has 2 atom stereocenters. The van der Waals surface area contributed by atoms with Gasteiger partial charge in [-0.15, -0.1) is 0 Å². The van der Waals surface area contributed by atoms with Gasteiger partial charge in [0.05, 0.1) is 17.4 Å². The van der Waals surface area contributed by atoms with Crippen LogP contribution in [0.5, 0.6) is 0 Å². The molecule has 2 unspecified atom stereocenters. The van der Waals surface area contributed by atoms with E-state index in [4.69, 9.17) is 4.74 Å². The number of carbonyl (C=O) groups is 1. The summed E-state index contributed by atoms with van der Waals surface area (Å²) in [5, 5.41) is 0. The average molecular weight is 451 g/mol. The van der Waals surface area contributed by atoms with Gasteiger partial charge >= 0.3 is 6.09 Å². The molecule has 1 N–H and O–H groups in total. The van der Waals surface area contributed by atoms with E-state index in [-0.39, 0.29) is 12.2 Å². The van der Waals surface area contributed by atoms with Gasteiger partial charge in [0.15, 0.2) is 0 Å². The number of amides is 1. The normalized spacial score (nSPS) is 21.5. The van der Waals surface area contributed by atoms with E-state index in [9.17, 15) is 13.2 Å². The smallest absolute Gasteiger partial charge is 0.410 e. The third-order valence-electron chi connectivity index (χ3n) is 5.38. The lowest BCUT2D eigenvalue weighted by molar-refractivity contribution is 0.0218. The maximum atomic E-state index is 15.2. The third kappa shape index (κ3) is 6.44. The molecule has 1 saturated carbocycles. The number of hydrogen-bond acceptors (Lipinski definition) is 4. The summed E-state index contributed by atoms with van der Waals surface area (Å²) in [6.45, 7) is 7.21. The highest BCUT2D eigenvalue weighted by molar-refractivity contribution is 7.89. The topological polar surface area (TPSA) is 75.7 Å². The van der Waals surface area contributed by atoms with Gasteiger partial charge in [-0.05, 0) is 65.0 Å². The van der Waals surface area contributed by atoms with E-state index in [0.29, 0.717) is 30.0 Å². The Balaban J connectivity index is 1.87. The number of likely N-dealkylation sites (tertiary alicyclic amines) is 1. The van der Waals surface area contributed by atoms with Crippen molar-refractivity contribution in [3.8, 4) is 11.8 Å². The molecule has 1 heterocycles. The number of nitrogens with zero attached hydrogens (tertiary/aromatic N) is 1. The van der Waals surface area contributed by atoms with Crippen molar-refractivity contribution in [1.82, 2.24) is 9.62 Å². The van der Waals surface area contributed by atoms with E-state index in [1.807, 2.05) is 0 Å². The van der Waals surface area contributed by atoms with E-state index < -0.39 is 39.6 Å². The van der Waals surface area contributed by atoms with Crippen molar-refractivity contribution in [2.45, 2.75) is 71.1 Å². The van der Waals surface area contributed by atoms with E-state index >= 15 is 4.39 Å². The molecule has 6 nitrogen and oxygen atoms in total. The SMILES string of the molecule is CCS(=O)(=O)NC1CCN(C(=O)OC(C)(C)C)C1Cc1cccc(C#CC2CC2)c1F. The molecule has 2 aliphatic rings. The molecule has 8 heteroatoms. The first kappa shape index (κ1) is 23.6. The first-order valence-corrected chi connectivity index (χ1v) is 12.4. The average Bonchev–Trinajstić information content (AvgIpc) is 3.42. The van der Waals surface area contributed by atoms with Gasteiger partial charge in [0, 0.05) is 18.5 Å². The fourth-order valence-corrected chi connectivity index (χ4v) is 4.47. The minimum atomic E-state index is -3.49. The van der Waals surface area contributed by atoms with E-state index in [0.717, 1.165) is 12.8 Å². The molecule has 0 radical (unpaired) electrons. The molecule has 1 saturated heterocycles. The Kier molecular flexibility index (Phi) is 6.97. The van der Waals surface area contributed by atoms with Crippen molar-refractivity contribution in [3.63, 3.8) is 0 Å². The second-order valence-corrected chi connectivity index (χ2v) is 11.2. The predicted octanol–water partition coefficient (Wildman–Crippen LogP) is 3.45. The molecule has 1 aliphatic heterocycles. The third-order valence-corrected chi connectivity index (χ3v) is 6.80. The van der Waals surface area contributed by atoms with Gasteiger partial charge in [0.2, 0.25) is 10.0 Å². The second kappa shape index (κ2) is 9.17. The zero-order valence-electron chi connectivity index (χ0n) is 18.6.